The number of hydrogen-bond donors (Lipinski definition) is 1. The Morgan fingerprint density at radius 1 is 1.41 bits per heavy atom. The minimum Gasteiger partial charge on any atom is -0.325 e. The lowest BCUT2D eigenvalue weighted by molar-refractivity contribution is -0.118. The first-order chi connectivity index (χ1) is 10.5. The Kier molecular flexibility index (Phi) is 4.14. The highest BCUT2D eigenvalue weighted by atomic mass is 35.5. The average molecular weight is 316 g/mol. The summed E-state index contributed by atoms with van der Waals surface area (Å²) in [4.78, 5) is 19.0. The molecular formula is C17H18ClN3O. The normalized spacial score (nSPS) is 17.9. The molecule has 1 N–H and O–H groups in total. The lowest BCUT2D eigenvalue weighted by atomic mass is 9.89. The van der Waals surface area contributed by atoms with E-state index in [1.165, 1.54) is 0 Å². The molecule has 0 saturated heterocycles. The van der Waals surface area contributed by atoms with E-state index in [2.05, 4.69) is 15.2 Å². The van der Waals surface area contributed by atoms with Gasteiger partial charge in [0.1, 0.15) is 0 Å². The number of pyridine rings is 1. The van der Waals surface area contributed by atoms with Crippen molar-refractivity contribution in [2.24, 2.45) is 0 Å². The second kappa shape index (κ2) is 6.07. The second-order valence-corrected chi connectivity index (χ2v) is 6.14. The van der Waals surface area contributed by atoms with Gasteiger partial charge in [-0.2, -0.15) is 0 Å². The summed E-state index contributed by atoms with van der Waals surface area (Å²) in [5.74, 6) is -0.303. The van der Waals surface area contributed by atoms with Gasteiger partial charge in [0.2, 0.25) is 5.91 Å². The third kappa shape index (κ3) is 2.98. The van der Waals surface area contributed by atoms with E-state index < -0.39 is 0 Å². The summed E-state index contributed by atoms with van der Waals surface area (Å²) < 4.78 is 0. The van der Waals surface area contributed by atoms with E-state index in [9.17, 15) is 4.79 Å². The molecule has 0 fully saturated rings. The van der Waals surface area contributed by atoms with Gasteiger partial charge < -0.3 is 10.2 Å². The molecular weight excluding hydrogens is 298 g/mol. The lowest BCUT2D eigenvalue weighted by Gasteiger charge is -2.32. The van der Waals surface area contributed by atoms with Crippen LogP contribution in [-0.2, 0) is 11.3 Å². The summed E-state index contributed by atoms with van der Waals surface area (Å²) in [6.45, 7) is 3.37. The number of carbonyl (C=O) groups excluding carboxylic acids is 1. The molecule has 22 heavy (non-hydrogen) atoms. The maximum atomic E-state index is 12.7. The van der Waals surface area contributed by atoms with E-state index in [4.69, 9.17) is 11.6 Å². The summed E-state index contributed by atoms with van der Waals surface area (Å²) >= 11 is 6.35. The van der Waals surface area contributed by atoms with Crippen LogP contribution >= 0.6 is 11.6 Å². The fourth-order valence-electron chi connectivity index (χ4n) is 2.93. The molecule has 0 spiro atoms. The van der Waals surface area contributed by atoms with E-state index in [-0.39, 0.29) is 11.8 Å². The molecule has 2 aromatic rings. The van der Waals surface area contributed by atoms with Crippen LogP contribution in [0.3, 0.4) is 0 Å². The number of aryl methyl sites for hydroxylation is 1. The molecule has 0 saturated carbocycles. The summed E-state index contributed by atoms with van der Waals surface area (Å²) in [7, 11) is 2.01. The van der Waals surface area contributed by atoms with E-state index in [1.54, 1.807) is 12.3 Å². The maximum absolute atomic E-state index is 12.7. The summed E-state index contributed by atoms with van der Waals surface area (Å²) in [5, 5.41) is 3.64. The second-order valence-electron chi connectivity index (χ2n) is 5.74. The number of hydrogen-bond acceptors (Lipinski definition) is 3. The SMILES string of the molecule is Cc1cc(NC(=O)C2CN(C)Cc3cccc(Cl)c32)ccn1. The van der Waals surface area contributed by atoms with Crippen molar-refractivity contribution in [1.29, 1.82) is 0 Å². The Hall–Kier alpha value is -1.91. The van der Waals surface area contributed by atoms with Crippen molar-refractivity contribution in [3.05, 3.63) is 58.4 Å². The monoisotopic (exact) mass is 315 g/mol. The summed E-state index contributed by atoms with van der Waals surface area (Å²) in [6, 6.07) is 9.47. The van der Waals surface area contributed by atoms with Gasteiger partial charge >= 0.3 is 0 Å². The van der Waals surface area contributed by atoms with Crippen molar-refractivity contribution < 1.29 is 4.79 Å². The topological polar surface area (TPSA) is 45.2 Å². The predicted octanol–water partition coefficient (Wildman–Crippen LogP) is 3.21. The van der Waals surface area contributed by atoms with Crippen LogP contribution in [0.2, 0.25) is 5.02 Å². The van der Waals surface area contributed by atoms with Gasteiger partial charge in [0.15, 0.2) is 0 Å². The van der Waals surface area contributed by atoms with Crippen LogP contribution in [0.4, 0.5) is 5.69 Å². The number of anilines is 1. The Labute approximate surface area is 135 Å². The van der Waals surface area contributed by atoms with Gasteiger partial charge in [0.25, 0.3) is 0 Å². The van der Waals surface area contributed by atoms with Crippen LogP contribution in [0.5, 0.6) is 0 Å². The van der Waals surface area contributed by atoms with Crippen LogP contribution in [0.15, 0.2) is 36.5 Å². The molecule has 1 atom stereocenters. The number of nitrogens with one attached hydrogen (secondary N) is 1. The first kappa shape index (κ1) is 15.0. The molecule has 0 radical (unpaired) electrons. The van der Waals surface area contributed by atoms with Gasteiger partial charge in [-0.1, -0.05) is 23.7 Å². The van der Waals surface area contributed by atoms with E-state index in [0.717, 1.165) is 29.1 Å². The molecule has 1 aliphatic rings. The maximum Gasteiger partial charge on any atom is 0.233 e. The van der Waals surface area contributed by atoms with Gasteiger partial charge in [-0.25, -0.2) is 0 Å². The quantitative estimate of drug-likeness (QED) is 0.925. The molecule has 2 heterocycles. The third-order valence-electron chi connectivity index (χ3n) is 3.91. The first-order valence-corrected chi connectivity index (χ1v) is 7.62. The number of halogens is 1. The summed E-state index contributed by atoms with van der Waals surface area (Å²) in [6.07, 6.45) is 1.69. The van der Waals surface area contributed by atoms with E-state index >= 15 is 0 Å². The average Bonchev–Trinajstić information content (AvgIpc) is 2.46. The van der Waals surface area contributed by atoms with Crippen molar-refractivity contribution >= 4 is 23.2 Å². The van der Waals surface area contributed by atoms with Gasteiger partial charge in [-0.15, -0.1) is 0 Å². The Morgan fingerprint density at radius 3 is 3.00 bits per heavy atom. The fraction of sp³-hybridized carbons (Fsp3) is 0.294. The van der Waals surface area contributed by atoms with Gasteiger partial charge in [0, 0.05) is 35.7 Å². The highest BCUT2D eigenvalue weighted by Gasteiger charge is 2.30. The number of amides is 1. The smallest absolute Gasteiger partial charge is 0.233 e. The van der Waals surface area contributed by atoms with Gasteiger partial charge in [-0.3, -0.25) is 9.78 Å². The van der Waals surface area contributed by atoms with Crippen LogP contribution in [0, 0.1) is 6.92 Å². The Morgan fingerprint density at radius 2 is 2.23 bits per heavy atom. The number of aromatic nitrogens is 1. The highest BCUT2D eigenvalue weighted by Crippen LogP contribution is 2.34. The van der Waals surface area contributed by atoms with Crippen molar-refractivity contribution in [1.82, 2.24) is 9.88 Å². The number of likely N-dealkylation sites (N-methyl/N-ethyl adjacent to an activating group) is 1. The Bertz CT molecular complexity index is 717. The number of carbonyl (C=O) groups is 1. The van der Waals surface area contributed by atoms with Crippen molar-refractivity contribution in [3.8, 4) is 0 Å². The fourth-order valence-corrected chi connectivity index (χ4v) is 3.26. The van der Waals surface area contributed by atoms with Gasteiger partial charge in [0.05, 0.1) is 5.92 Å². The molecule has 1 aromatic heterocycles. The highest BCUT2D eigenvalue weighted by molar-refractivity contribution is 6.31. The number of benzene rings is 1. The zero-order chi connectivity index (χ0) is 15.7. The van der Waals surface area contributed by atoms with E-state index in [1.807, 2.05) is 38.2 Å². The molecule has 1 unspecified atom stereocenters. The van der Waals surface area contributed by atoms with Crippen LogP contribution in [0.1, 0.15) is 22.7 Å². The van der Waals surface area contributed by atoms with Crippen LogP contribution in [0.25, 0.3) is 0 Å². The van der Waals surface area contributed by atoms with Gasteiger partial charge in [-0.05, 0) is 43.3 Å². The number of nitrogens with zero attached hydrogens (tertiary/aromatic N) is 2. The zero-order valence-electron chi connectivity index (χ0n) is 12.6. The largest absolute Gasteiger partial charge is 0.325 e. The van der Waals surface area contributed by atoms with E-state index in [0.29, 0.717) is 11.6 Å². The van der Waals surface area contributed by atoms with Crippen molar-refractivity contribution in [2.75, 3.05) is 18.9 Å². The number of rotatable bonds is 2. The lowest BCUT2D eigenvalue weighted by Crippen LogP contribution is -2.37. The van der Waals surface area contributed by atoms with Crippen LogP contribution in [-0.4, -0.2) is 29.4 Å². The molecule has 3 rings (SSSR count). The molecule has 0 bridgehead atoms. The molecule has 5 heteroatoms. The molecule has 1 aliphatic heterocycles. The predicted molar refractivity (Wildman–Crippen MR) is 88.1 cm³/mol. The third-order valence-corrected chi connectivity index (χ3v) is 4.24. The minimum absolute atomic E-state index is 0.0356. The molecule has 114 valence electrons. The molecule has 0 aliphatic carbocycles. The van der Waals surface area contributed by atoms with Crippen molar-refractivity contribution in [2.45, 2.75) is 19.4 Å². The minimum atomic E-state index is -0.268. The van der Waals surface area contributed by atoms with Crippen LogP contribution < -0.4 is 5.32 Å². The summed E-state index contributed by atoms with van der Waals surface area (Å²) in [5.41, 5.74) is 3.70. The standard InChI is InChI=1S/C17H18ClN3O/c1-11-8-13(6-7-19-11)20-17(22)14-10-21(2)9-12-4-3-5-15(18)16(12)14/h3-8,14H,9-10H2,1-2H3,(H,19,20,22). The molecule has 1 amide bonds. The molecule has 4 nitrogen and oxygen atoms in total. The number of fused-ring (bicyclic) bond motifs is 1. The Balaban J connectivity index is 1.90. The molecule has 1 aromatic carbocycles. The van der Waals surface area contributed by atoms with Crippen molar-refractivity contribution in [3.63, 3.8) is 0 Å². The zero-order valence-corrected chi connectivity index (χ0v) is 13.4. The first-order valence-electron chi connectivity index (χ1n) is 7.24.